The van der Waals surface area contributed by atoms with Gasteiger partial charge in [-0.3, -0.25) is 0 Å². The maximum Gasteiger partial charge on any atom is 0.344 e. The third kappa shape index (κ3) is 4.42. The molecule has 1 aliphatic heterocycles. The van der Waals surface area contributed by atoms with Gasteiger partial charge in [0, 0.05) is 0 Å². The number of aliphatic imine (C=N–C) groups is 1. The van der Waals surface area contributed by atoms with Gasteiger partial charge >= 0.3 is 11.9 Å². The molecule has 0 bridgehead atoms. The molecule has 1 rings (SSSR count). The van der Waals surface area contributed by atoms with E-state index >= 15 is 0 Å². The summed E-state index contributed by atoms with van der Waals surface area (Å²) in [7, 11) is 0. The van der Waals surface area contributed by atoms with Crippen molar-refractivity contribution < 1.29 is 23.8 Å². The summed E-state index contributed by atoms with van der Waals surface area (Å²) in [6, 6.07) is 0. The van der Waals surface area contributed by atoms with Crippen LogP contribution in [0.4, 0.5) is 0 Å². The van der Waals surface area contributed by atoms with Crippen LogP contribution in [0.25, 0.3) is 0 Å². The fourth-order valence-electron chi connectivity index (χ4n) is 2.11. The van der Waals surface area contributed by atoms with Crippen LogP contribution in [0, 0.1) is 0 Å². The van der Waals surface area contributed by atoms with Crippen LogP contribution < -0.4 is 0 Å². The average Bonchev–Trinajstić information content (AvgIpc) is 2.80. The zero-order chi connectivity index (χ0) is 18.5. The molecular formula is C16H23Cl2NO5. The Hall–Kier alpha value is -1.27. The van der Waals surface area contributed by atoms with Gasteiger partial charge in [-0.2, -0.15) is 0 Å². The van der Waals surface area contributed by atoms with Crippen LogP contribution in [-0.4, -0.2) is 54.0 Å². The standard InChI is InChI=1S/C16H23Cl2NO5/c1-6-22-13(20)10-11(14(21)23-7-2)16(8-17,9-18)24-12(10)19-15(3,4)5/h6-9H2,1-5H3. The molecule has 0 saturated heterocycles. The number of esters is 2. The smallest absolute Gasteiger partial charge is 0.344 e. The van der Waals surface area contributed by atoms with E-state index in [4.69, 9.17) is 37.4 Å². The lowest BCUT2D eigenvalue weighted by Crippen LogP contribution is -2.40. The summed E-state index contributed by atoms with van der Waals surface area (Å²) in [6.45, 7) is 9.08. The summed E-state index contributed by atoms with van der Waals surface area (Å²) in [4.78, 5) is 29.3. The molecule has 0 radical (unpaired) electrons. The average molecular weight is 380 g/mol. The summed E-state index contributed by atoms with van der Waals surface area (Å²) in [5, 5.41) is 0. The molecule has 0 fully saturated rings. The minimum Gasteiger partial charge on any atom is -0.463 e. The first kappa shape index (κ1) is 20.8. The number of carbonyl (C=O) groups is 2. The van der Waals surface area contributed by atoms with Crippen molar-refractivity contribution in [3.63, 3.8) is 0 Å². The maximum atomic E-state index is 12.5. The lowest BCUT2D eigenvalue weighted by molar-refractivity contribution is -0.142. The predicted octanol–water partition coefficient (Wildman–Crippen LogP) is 2.85. The number of halogens is 2. The van der Waals surface area contributed by atoms with Gasteiger partial charge in [-0.05, 0) is 34.6 Å². The second-order valence-electron chi connectivity index (χ2n) is 6.14. The number of alkyl halides is 2. The van der Waals surface area contributed by atoms with Gasteiger partial charge in [0.1, 0.15) is 11.1 Å². The Bertz CT molecular complexity index is 559. The van der Waals surface area contributed by atoms with Crippen molar-refractivity contribution in [2.45, 2.75) is 45.8 Å². The summed E-state index contributed by atoms with van der Waals surface area (Å²) in [5.74, 6) is -1.74. The largest absolute Gasteiger partial charge is 0.463 e. The van der Waals surface area contributed by atoms with Gasteiger partial charge in [0.05, 0.1) is 30.5 Å². The van der Waals surface area contributed by atoms with Gasteiger partial charge < -0.3 is 14.2 Å². The van der Waals surface area contributed by atoms with E-state index in [0.717, 1.165) is 0 Å². The monoisotopic (exact) mass is 379 g/mol. The summed E-state index contributed by atoms with van der Waals surface area (Å²) < 4.78 is 15.9. The van der Waals surface area contributed by atoms with Gasteiger partial charge in [-0.15, -0.1) is 23.2 Å². The van der Waals surface area contributed by atoms with E-state index in [9.17, 15) is 9.59 Å². The molecule has 136 valence electrons. The molecule has 6 nitrogen and oxygen atoms in total. The maximum absolute atomic E-state index is 12.5. The van der Waals surface area contributed by atoms with Crippen molar-refractivity contribution >= 4 is 41.0 Å². The minimum atomic E-state index is -1.39. The number of carbonyl (C=O) groups excluding carboxylic acids is 2. The Balaban J connectivity index is 3.64. The van der Waals surface area contributed by atoms with E-state index in [1.807, 2.05) is 20.8 Å². The van der Waals surface area contributed by atoms with Crippen molar-refractivity contribution in [2.24, 2.45) is 4.99 Å². The highest BCUT2D eigenvalue weighted by Gasteiger charge is 2.52. The van der Waals surface area contributed by atoms with Crippen molar-refractivity contribution in [2.75, 3.05) is 25.0 Å². The second kappa shape index (κ2) is 8.21. The molecular weight excluding hydrogens is 357 g/mol. The molecule has 0 aromatic carbocycles. The zero-order valence-corrected chi connectivity index (χ0v) is 16.1. The first-order valence-electron chi connectivity index (χ1n) is 7.66. The van der Waals surface area contributed by atoms with E-state index in [-0.39, 0.29) is 42.0 Å². The first-order chi connectivity index (χ1) is 11.2. The van der Waals surface area contributed by atoms with Gasteiger partial charge in [-0.1, -0.05) is 0 Å². The molecule has 0 N–H and O–H groups in total. The first-order valence-corrected chi connectivity index (χ1v) is 8.72. The third-order valence-corrected chi connectivity index (χ3v) is 3.90. The molecule has 0 amide bonds. The number of rotatable bonds is 6. The zero-order valence-electron chi connectivity index (χ0n) is 14.6. The van der Waals surface area contributed by atoms with Crippen molar-refractivity contribution in [1.82, 2.24) is 0 Å². The summed E-state index contributed by atoms with van der Waals surface area (Å²) in [6.07, 6.45) is 0. The molecule has 1 aliphatic rings. The lowest BCUT2D eigenvalue weighted by atomic mass is 9.95. The highest BCUT2D eigenvalue weighted by atomic mass is 35.5. The second-order valence-corrected chi connectivity index (χ2v) is 6.68. The Labute approximate surface area is 152 Å². The highest BCUT2D eigenvalue weighted by Crippen LogP contribution is 2.38. The Kier molecular flexibility index (Phi) is 7.10. The molecule has 0 spiro atoms. The van der Waals surface area contributed by atoms with Crippen molar-refractivity contribution in [3.05, 3.63) is 11.1 Å². The molecule has 1 heterocycles. The fourth-order valence-corrected chi connectivity index (χ4v) is 2.78. The van der Waals surface area contributed by atoms with Gasteiger partial charge in [0.25, 0.3) is 0 Å². The Morgan fingerprint density at radius 1 is 1.08 bits per heavy atom. The number of hydrogen-bond acceptors (Lipinski definition) is 6. The SMILES string of the molecule is CCOC(=O)C1=C(C(=O)OCC)C(CCl)(CCl)OC1=NC(C)(C)C. The normalized spacial score (nSPS) is 18.5. The molecule has 0 unspecified atom stereocenters. The van der Waals surface area contributed by atoms with Crippen LogP contribution in [-0.2, 0) is 23.8 Å². The lowest BCUT2D eigenvalue weighted by Gasteiger charge is -2.26. The van der Waals surface area contributed by atoms with E-state index in [0.29, 0.717) is 0 Å². The summed E-state index contributed by atoms with van der Waals surface area (Å²) >= 11 is 12.1. The van der Waals surface area contributed by atoms with E-state index in [1.165, 1.54) is 0 Å². The molecule has 0 aromatic heterocycles. The number of ether oxygens (including phenoxy) is 3. The van der Waals surface area contributed by atoms with Crippen LogP contribution in [0.5, 0.6) is 0 Å². The molecule has 0 aliphatic carbocycles. The topological polar surface area (TPSA) is 74.2 Å². The molecule has 0 saturated carbocycles. The van der Waals surface area contributed by atoms with Crippen LogP contribution >= 0.6 is 23.2 Å². The predicted molar refractivity (Wildman–Crippen MR) is 92.7 cm³/mol. The minimum absolute atomic E-state index is 0.00898. The Morgan fingerprint density at radius 3 is 2.00 bits per heavy atom. The number of hydrogen-bond donors (Lipinski definition) is 0. The quantitative estimate of drug-likeness (QED) is 0.523. The molecule has 24 heavy (non-hydrogen) atoms. The van der Waals surface area contributed by atoms with E-state index < -0.39 is 23.1 Å². The van der Waals surface area contributed by atoms with Gasteiger partial charge in [-0.25, -0.2) is 14.6 Å². The summed E-state index contributed by atoms with van der Waals surface area (Å²) in [5.41, 5.74) is -2.06. The Morgan fingerprint density at radius 2 is 1.58 bits per heavy atom. The van der Waals surface area contributed by atoms with Crippen molar-refractivity contribution in [3.8, 4) is 0 Å². The van der Waals surface area contributed by atoms with Crippen LogP contribution in [0.2, 0.25) is 0 Å². The fraction of sp³-hybridized carbons (Fsp3) is 0.688. The van der Waals surface area contributed by atoms with Crippen molar-refractivity contribution in [1.29, 1.82) is 0 Å². The number of nitrogens with zero attached hydrogens (tertiary/aromatic N) is 1. The van der Waals surface area contributed by atoms with Crippen LogP contribution in [0.3, 0.4) is 0 Å². The third-order valence-electron chi connectivity index (χ3n) is 3.04. The van der Waals surface area contributed by atoms with Gasteiger partial charge in [0.15, 0.2) is 5.60 Å². The van der Waals surface area contributed by atoms with E-state index in [2.05, 4.69) is 4.99 Å². The molecule has 8 heteroatoms. The molecule has 0 atom stereocenters. The van der Waals surface area contributed by atoms with Gasteiger partial charge in [0.2, 0.25) is 5.90 Å². The van der Waals surface area contributed by atoms with Crippen LogP contribution in [0.1, 0.15) is 34.6 Å². The molecule has 0 aromatic rings. The highest BCUT2D eigenvalue weighted by molar-refractivity contribution is 6.28. The van der Waals surface area contributed by atoms with E-state index in [1.54, 1.807) is 13.8 Å². The van der Waals surface area contributed by atoms with Crippen LogP contribution in [0.15, 0.2) is 16.1 Å².